The Morgan fingerprint density at radius 2 is 1.90 bits per heavy atom. The number of rotatable bonds is 11. The molecular weight excluding hydrogens is 538 g/mol. The number of nitrogens with zero attached hydrogens (tertiary/aromatic N) is 1. The van der Waals surface area contributed by atoms with Crippen LogP contribution in [0, 0.1) is 0 Å². The summed E-state index contributed by atoms with van der Waals surface area (Å²) in [6.45, 7) is 2.49. The number of fused-ring (bicyclic) bond motifs is 1. The summed E-state index contributed by atoms with van der Waals surface area (Å²) in [5.74, 6) is -1.44. The van der Waals surface area contributed by atoms with Crippen LogP contribution in [0.25, 0.3) is 28.2 Å². The van der Waals surface area contributed by atoms with Gasteiger partial charge in [0.1, 0.15) is 24.1 Å². The average Bonchev–Trinajstić information content (AvgIpc) is 3.43. The number of furan rings is 1. The molecule has 0 saturated carbocycles. The lowest BCUT2D eigenvalue weighted by Gasteiger charge is -2.16. The highest BCUT2D eigenvalue weighted by molar-refractivity contribution is 6.34. The van der Waals surface area contributed by atoms with E-state index in [1.165, 1.54) is 6.08 Å². The van der Waals surface area contributed by atoms with E-state index < -0.39 is 5.92 Å². The molecule has 0 aliphatic carbocycles. The SMILES string of the molecule is C=O.CNCCC(F)(F)CCc1ccc2cc(-c3ccc(CNC(=O)/C=C/c4ccc(N)nc4)o3)c(Cl)cc2c1. The summed E-state index contributed by atoms with van der Waals surface area (Å²) in [5.41, 5.74) is 7.86. The van der Waals surface area contributed by atoms with Crippen LogP contribution in [0.1, 0.15) is 29.7 Å². The first-order chi connectivity index (χ1) is 19.2. The third-order valence-electron chi connectivity index (χ3n) is 6.11. The van der Waals surface area contributed by atoms with Gasteiger partial charge in [-0.3, -0.25) is 4.79 Å². The van der Waals surface area contributed by atoms with Crippen LogP contribution < -0.4 is 16.4 Å². The Morgan fingerprint density at radius 1 is 1.10 bits per heavy atom. The molecule has 7 nitrogen and oxygen atoms in total. The maximum absolute atomic E-state index is 14.0. The fourth-order valence-electron chi connectivity index (χ4n) is 3.96. The van der Waals surface area contributed by atoms with Gasteiger partial charge in [0, 0.05) is 37.2 Å². The second kappa shape index (κ2) is 14.3. The van der Waals surface area contributed by atoms with E-state index in [2.05, 4.69) is 15.6 Å². The van der Waals surface area contributed by atoms with E-state index in [0.29, 0.717) is 27.9 Å². The Morgan fingerprint density at radius 3 is 2.62 bits per heavy atom. The molecule has 2 aromatic carbocycles. The highest BCUT2D eigenvalue weighted by atomic mass is 35.5. The smallest absolute Gasteiger partial charge is 0.249 e. The van der Waals surface area contributed by atoms with Crippen LogP contribution in [0.2, 0.25) is 5.02 Å². The van der Waals surface area contributed by atoms with Crippen molar-refractivity contribution >= 4 is 47.0 Å². The van der Waals surface area contributed by atoms with Crippen molar-refractivity contribution in [3.05, 3.63) is 88.8 Å². The minimum Gasteiger partial charge on any atom is -0.459 e. The van der Waals surface area contributed by atoms with Crippen LogP contribution in [0.3, 0.4) is 0 Å². The van der Waals surface area contributed by atoms with Gasteiger partial charge in [0.15, 0.2) is 0 Å². The summed E-state index contributed by atoms with van der Waals surface area (Å²) in [6.07, 6.45) is 4.54. The first-order valence-corrected chi connectivity index (χ1v) is 12.9. The molecule has 0 fully saturated rings. The summed E-state index contributed by atoms with van der Waals surface area (Å²) >= 11 is 6.56. The topological polar surface area (TPSA) is 110 Å². The molecule has 210 valence electrons. The first kappa shape index (κ1) is 30.5. The summed E-state index contributed by atoms with van der Waals surface area (Å²) < 4.78 is 34.0. The fourth-order valence-corrected chi connectivity index (χ4v) is 4.23. The Labute approximate surface area is 236 Å². The molecule has 0 saturated heterocycles. The van der Waals surface area contributed by atoms with Crippen molar-refractivity contribution in [1.29, 1.82) is 0 Å². The lowest BCUT2D eigenvalue weighted by Crippen LogP contribution is -2.23. The van der Waals surface area contributed by atoms with Crippen molar-refractivity contribution in [2.45, 2.75) is 31.7 Å². The Balaban J connectivity index is 0.00000216. The second-order valence-corrected chi connectivity index (χ2v) is 9.46. The molecule has 1 amide bonds. The maximum Gasteiger partial charge on any atom is 0.249 e. The number of nitrogen functional groups attached to an aromatic ring is 1. The molecule has 0 bridgehead atoms. The van der Waals surface area contributed by atoms with E-state index in [1.54, 1.807) is 43.6 Å². The highest BCUT2D eigenvalue weighted by Gasteiger charge is 2.27. The van der Waals surface area contributed by atoms with Crippen molar-refractivity contribution in [3.63, 3.8) is 0 Å². The molecule has 0 unspecified atom stereocenters. The van der Waals surface area contributed by atoms with Gasteiger partial charge in [-0.05, 0) is 77.8 Å². The zero-order valence-electron chi connectivity index (χ0n) is 22.1. The van der Waals surface area contributed by atoms with Crippen LogP contribution in [0.15, 0.2) is 71.3 Å². The number of anilines is 1. The van der Waals surface area contributed by atoms with E-state index in [9.17, 15) is 13.6 Å². The fraction of sp³-hybridized carbons (Fsp3) is 0.233. The Bertz CT molecular complexity index is 1460. The molecule has 40 heavy (non-hydrogen) atoms. The number of hydrogen-bond donors (Lipinski definition) is 3. The molecule has 0 aliphatic rings. The van der Waals surface area contributed by atoms with Crippen molar-refractivity contribution in [2.24, 2.45) is 0 Å². The number of halogens is 3. The van der Waals surface area contributed by atoms with E-state index >= 15 is 0 Å². The minimum absolute atomic E-state index is 0.181. The summed E-state index contributed by atoms with van der Waals surface area (Å²) in [6, 6.07) is 16.4. The molecule has 0 radical (unpaired) electrons. The molecule has 10 heteroatoms. The van der Waals surface area contributed by atoms with Crippen LogP contribution in [0.5, 0.6) is 0 Å². The zero-order chi connectivity index (χ0) is 29.1. The Kier molecular flexibility index (Phi) is 10.9. The molecule has 0 atom stereocenters. The number of benzene rings is 2. The highest BCUT2D eigenvalue weighted by Crippen LogP contribution is 2.34. The molecule has 4 aromatic rings. The number of hydrogen-bond acceptors (Lipinski definition) is 6. The van der Waals surface area contributed by atoms with Gasteiger partial charge in [-0.2, -0.15) is 0 Å². The zero-order valence-corrected chi connectivity index (χ0v) is 22.8. The monoisotopic (exact) mass is 568 g/mol. The number of nitrogens with one attached hydrogen (secondary N) is 2. The van der Waals surface area contributed by atoms with Gasteiger partial charge >= 0.3 is 0 Å². The maximum atomic E-state index is 14.0. The Hall–Kier alpha value is -4.08. The summed E-state index contributed by atoms with van der Waals surface area (Å²) in [5, 5.41) is 7.82. The molecule has 4 rings (SSSR count). The third-order valence-corrected chi connectivity index (χ3v) is 6.42. The molecule has 2 aromatic heterocycles. The van der Waals surface area contributed by atoms with Gasteiger partial charge in [-0.15, -0.1) is 0 Å². The number of alkyl halides is 2. The number of nitrogens with two attached hydrogens (primary N) is 1. The van der Waals surface area contributed by atoms with Crippen LogP contribution >= 0.6 is 11.6 Å². The van der Waals surface area contributed by atoms with Gasteiger partial charge in [-0.25, -0.2) is 13.8 Å². The third kappa shape index (κ3) is 8.72. The van der Waals surface area contributed by atoms with Gasteiger partial charge < -0.3 is 25.6 Å². The van der Waals surface area contributed by atoms with Gasteiger partial charge in [-0.1, -0.05) is 29.8 Å². The minimum atomic E-state index is -2.71. The molecule has 0 spiro atoms. The van der Waals surface area contributed by atoms with E-state index in [1.807, 2.05) is 37.1 Å². The standard InChI is InChI=1S/C29H29ClF2N4O2.CH2O/c1-34-13-12-29(31,32)11-10-19-2-5-21-15-24(25(30)16-22(21)14-19)26-7-6-23(38-26)18-36-28(37)9-4-20-3-8-27(33)35-17-20;1-2/h2-9,14-17,34H,10-13,18H2,1H3,(H2,33,35)(H,36,37);1H2/b9-4+;. The van der Waals surface area contributed by atoms with Gasteiger partial charge in [0.05, 0.1) is 11.6 Å². The van der Waals surface area contributed by atoms with Crippen molar-refractivity contribution in [2.75, 3.05) is 19.3 Å². The summed E-state index contributed by atoms with van der Waals surface area (Å²) in [4.78, 5) is 24.1. The van der Waals surface area contributed by atoms with Crippen molar-refractivity contribution in [3.8, 4) is 11.3 Å². The number of aryl methyl sites for hydroxylation is 1. The quantitative estimate of drug-likeness (QED) is 0.190. The van der Waals surface area contributed by atoms with Crippen LogP contribution in [-0.2, 0) is 22.6 Å². The normalized spacial score (nSPS) is 11.4. The van der Waals surface area contributed by atoms with E-state index in [0.717, 1.165) is 21.9 Å². The number of carbonyl (C=O) groups is 2. The number of pyridine rings is 1. The molecule has 4 N–H and O–H groups in total. The predicted octanol–water partition coefficient (Wildman–Crippen LogP) is 6.05. The molecule has 0 aliphatic heterocycles. The first-order valence-electron chi connectivity index (χ1n) is 12.5. The average molecular weight is 569 g/mol. The largest absolute Gasteiger partial charge is 0.459 e. The van der Waals surface area contributed by atoms with Gasteiger partial charge in [0.25, 0.3) is 0 Å². The van der Waals surface area contributed by atoms with E-state index in [4.69, 9.17) is 26.5 Å². The van der Waals surface area contributed by atoms with Crippen molar-refractivity contribution < 1.29 is 22.8 Å². The number of aromatic nitrogens is 1. The predicted molar refractivity (Wildman–Crippen MR) is 155 cm³/mol. The van der Waals surface area contributed by atoms with Gasteiger partial charge in [0.2, 0.25) is 11.8 Å². The molecular formula is C30H31ClF2N4O3. The molecule has 2 heterocycles. The second-order valence-electron chi connectivity index (χ2n) is 9.06. The number of amides is 1. The lowest BCUT2D eigenvalue weighted by atomic mass is 9.99. The lowest BCUT2D eigenvalue weighted by molar-refractivity contribution is -0.116. The number of carbonyl (C=O) groups excluding carboxylic acids is 2. The van der Waals surface area contributed by atoms with E-state index in [-0.39, 0.29) is 38.3 Å². The van der Waals surface area contributed by atoms with Crippen LogP contribution in [-0.4, -0.2) is 37.2 Å². The summed E-state index contributed by atoms with van der Waals surface area (Å²) in [7, 11) is 1.67. The van der Waals surface area contributed by atoms with Crippen LogP contribution in [0.4, 0.5) is 14.6 Å². The van der Waals surface area contributed by atoms with Crippen molar-refractivity contribution in [1.82, 2.24) is 15.6 Å².